The second-order valence-corrected chi connectivity index (χ2v) is 3.68. The highest BCUT2D eigenvalue weighted by atomic mass is 16.7. The second kappa shape index (κ2) is 5.65. The van der Waals surface area contributed by atoms with Crippen molar-refractivity contribution in [3.8, 4) is 0 Å². The van der Waals surface area contributed by atoms with Crippen LogP contribution in [0.25, 0.3) is 0 Å². The van der Waals surface area contributed by atoms with E-state index in [1.807, 2.05) is 0 Å². The number of amides is 1. The predicted octanol–water partition coefficient (Wildman–Crippen LogP) is 0.906. The van der Waals surface area contributed by atoms with Gasteiger partial charge >= 0.3 is 5.97 Å². The highest BCUT2D eigenvalue weighted by Gasteiger charge is 2.32. The van der Waals surface area contributed by atoms with E-state index in [0.29, 0.717) is 19.4 Å². The molecule has 0 aromatic carbocycles. The first-order chi connectivity index (χ1) is 7.58. The van der Waals surface area contributed by atoms with Gasteiger partial charge < -0.3 is 4.74 Å². The van der Waals surface area contributed by atoms with Gasteiger partial charge in [-0.15, -0.1) is 0 Å². The summed E-state index contributed by atoms with van der Waals surface area (Å²) >= 11 is 0. The van der Waals surface area contributed by atoms with Crippen LogP contribution >= 0.6 is 0 Å². The van der Waals surface area contributed by atoms with Crippen LogP contribution in [0.3, 0.4) is 0 Å². The molecule has 1 aliphatic carbocycles. The molecule has 0 aromatic rings. The molecule has 1 rings (SSSR count). The first kappa shape index (κ1) is 12.7. The number of hydrogen-bond donors (Lipinski definition) is 0. The van der Waals surface area contributed by atoms with Crippen LogP contribution in [0, 0.1) is 5.92 Å². The number of hydroxylamine groups is 2. The van der Waals surface area contributed by atoms with Gasteiger partial charge in [-0.1, -0.05) is 5.57 Å². The van der Waals surface area contributed by atoms with E-state index in [9.17, 15) is 9.59 Å². The van der Waals surface area contributed by atoms with Crippen molar-refractivity contribution in [2.24, 2.45) is 5.92 Å². The van der Waals surface area contributed by atoms with E-state index in [1.165, 1.54) is 18.2 Å². The Morgan fingerprint density at radius 3 is 2.62 bits per heavy atom. The summed E-state index contributed by atoms with van der Waals surface area (Å²) in [6, 6.07) is 0. The zero-order valence-electron chi connectivity index (χ0n) is 9.86. The summed E-state index contributed by atoms with van der Waals surface area (Å²) in [4.78, 5) is 27.5. The lowest BCUT2D eigenvalue weighted by Gasteiger charge is -2.30. The quantitative estimate of drug-likeness (QED) is 0.407. The smallest absolute Gasteiger partial charge is 0.330 e. The molecule has 1 saturated carbocycles. The number of esters is 1. The Morgan fingerprint density at radius 1 is 1.50 bits per heavy atom. The fourth-order valence-electron chi connectivity index (χ4n) is 1.56. The van der Waals surface area contributed by atoms with Gasteiger partial charge in [-0.3, -0.25) is 9.63 Å². The number of nitrogens with zero attached hydrogens (tertiary/aromatic N) is 1. The molecule has 0 heterocycles. The van der Waals surface area contributed by atoms with Crippen LogP contribution in [0.4, 0.5) is 0 Å². The number of carbonyl (C=O) groups is 2. The van der Waals surface area contributed by atoms with Gasteiger partial charge in [0.05, 0.1) is 13.7 Å². The number of rotatable bonds is 4. The largest absolute Gasteiger partial charge is 0.463 e. The minimum atomic E-state index is -0.330. The summed E-state index contributed by atoms with van der Waals surface area (Å²) in [6.45, 7) is 2.13. The third-order valence-corrected chi connectivity index (χ3v) is 2.56. The summed E-state index contributed by atoms with van der Waals surface area (Å²) in [7, 11) is 3.03. The Morgan fingerprint density at radius 2 is 2.12 bits per heavy atom. The van der Waals surface area contributed by atoms with Crippen molar-refractivity contribution in [3.63, 3.8) is 0 Å². The molecule has 0 aliphatic heterocycles. The fraction of sp³-hybridized carbons (Fsp3) is 0.636. The fourth-order valence-corrected chi connectivity index (χ4v) is 1.56. The van der Waals surface area contributed by atoms with Crippen molar-refractivity contribution < 1.29 is 19.2 Å². The first-order valence-corrected chi connectivity index (χ1v) is 5.26. The molecule has 0 radical (unpaired) electrons. The van der Waals surface area contributed by atoms with Gasteiger partial charge in [-0.2, -0.15) is 0 Å². The molecular formula is C11H17NO4. The Kier molecular flexibility index (Phi) is 4.49. The third kappa shape index (κ3) is 3.06. The highest BCUT2D eigenvalue weighted by molar-refractivity contribution is 5.85. The highest BCUT2D eigenvalue weighted by Crippen LogP contribution is 2.34. The molecule has 0 aromatic heterocycles. The van der Waals surface area contributed by atoms with Gasteiger partial charge in [0.15, 0.2) is 0 Å². The number of carbonyl (C=O) groups excluding carboxylic acids is 2. The van der Waals surface area contributed by atoms with Crippen molar-refractivity contribution in [1.82, 2.24) is 5.06 Å². The van der Waals surface area contributed by atoms with Crippen LogP contribution in [-0.2, 0) is 19.2 Å². The molecule has 0 bridgehead atoms. The maximum atomic E-state index is 11.6. The zero-order chi connectivity index (χ0) is 12.1. The lowest BCUT2D eigenvalue weighted by molar-refractivity contribution is -0.174. The normalized spacial score (nSPS) is 18.7. The van der Waals surface area contributed by atoms with Crippen molar-refractivity contribution in [1.29, 1.82) is 0 Å². The molecule has 1 fully saturated rings. The van der Waals surface area contributed by atoms with Crippen LogP contribution in [0.15, 0.2) is 11.6 Å². The molecule has 5 nitrogen and oxygen atoms in total. The van der Waals surface area contributed by atoms with Crippen LogP contribution in [0.2, 0.25) is 0 Å². The van der Waals surface area contributed by atoms with Crippen molar-refractivity contribution >= 4 is 11.9 Å². The Hall–Kier alpha value is -1.36. The van der Waals surface area contributed by atoms with E-state index in [0.717, 1.165) is 5.57 Å². The van der Waals surface area contributed by atoms with Crippen LogP contribution in [0.1, 0.15) is 19.8 Å². The average Bonchev–Trinajstić information content (AvgIpc) is 2.21. The number of ether oxygens (including phenoxy) is 1. The average molecular weight is 227 g/mol. The topological polar surface area (TPSA) is 55.8 Å². The van der Waals surface area contributed by atoms with Crippen LogP contribution in [0.5, 0.6) is 0 Å². The van der Waals surface area contributed by atoms with Gasteiger partial charge in [-0.25, -0.2) is 9.86 Å². The minimum Gasteiger partial charge on any atom is -0.463 e. The van der Waals surface area contributed by atoms with E-state index in [1.54, 1.807) is 14.0 Å². The summed E-state index contributed by atoms with van der Waals surface area (Å²) in [5.41, 5.74) is 0.960. The molecule has 90 valence electrons. The zero-order valence-corrected chi connectivity index (χ0v) is 9.86. The molecule has 5 heteroatoms. The van der Waals surface area contributed by atoms with Gasteiger partial charge in [0.2, 0.25) is 5.91 Å². The van der Waals surface area contributed by atoms with Crippen LogP contribution < -0.4 is 0 Å². The maximum Gasteiger partial charge on any atom is 0.330 e. The Bertz CT molecular complexity index is 303. The molecule has 0 atom stereocenters. The van der Waals surface area contributed by atoms with E-state index in [2.05, 4.69) is 0 Å². The lowest BCUT2D eigenvalue weighted by Crippen LogP contribution is -2.36. The molecule has 16 heavy (non-hydrogen) atoms. The summed E-state index contributed by atoms with van der Waals surface area (Å²) < 4.78 is 4.78. The molecule has 1 aliphatic rings. The third-order valence-electron chi connectivity index (χ3n) is 2.56. The minimum absolute atomic E-state index is 0.0523. The van der Waals surface area contributed by atoms with E-state index >= 15 is 0 Å². The summed E-state index contributed by atoms with van der Waals surface area (Å²) in [5.74, 6) is -0.447. The standard InChI is InChI=1S/C11H17NO4/c1-4-16-10(13)7-8-5-9(6-8)11(14)12(2)15-3/h7,9H,4-6H2,1-3H3. The van der Waals surface area contributed by atoms with E-state index in [4.69, 9.17) is 9.57 Å². The van der Waals surface area contributed by atoms with Gasteiger partial charge in [0.1, 0.15) is 0 Å². The SMILES string of the molecule is CCOC(=O)C=C1CC(C(=O)N(C)OC)C1. The molecule has 0 unspecified atom stereocenters. The Labute approximate surface area is 95.0 Å². The van der Waals surface area contributed by atoms with Crippen molar-refractivity contribution in [2.45, 2.75) is 19.8 Å². The van der Waals surface area contributed by atoms with Crippen molar-refractivity contribution in [3.05, 3.63) is 11.6 Å². The van der Waals surface area contributed by atoms with E-state index < -0.39 is 0 Å². The van der Waals surface area contributed by atoms with Crippen molar-refractivity contribution in [2.75, 3.05) is 20.8 Å². The molecule has 0 N–H and O–H groups in total. The second-order valence-electron chi connectivity index (χ2n) is 3.68. The molecule has 1 amide bonds. The Balaban J connectivity index is 2.37. The predicted molar refractivity (Wildman–Crippen MR) is 57.2 cm³/mol. The molecule has 0 spiro atoms. The van der Waals surface area contributed by atoms with Crippen LogP contribution in [-0.4, -0.2) is 37.7 Å². The summed E-state index contributed by atoms with van der Waals surface area (Å²) in [6.07, 6.45) is 2.71. The van der Waals surface area contributed by atoms with Gasteiger partial charge in [-0.05, 0) is 19.8 Å². The summed E-state index contributed by atoms with van der Waals surface area (Å²) in [5, 5.41) is 1.21. The first-order valence-electron chi connectivity index (χ1n) is 5.26. The monoisotopic (exact) mass is 227 g/mol. The van der Waals surface area contributed by atoms with Gasteiger partial charge in [0.25, 0.3) is 0 Å². The lowest BCUT2D eigenvalue weighted by atomic mass is 9.79. The molecular weight excluding hydrogens is 210 g/mol. The van der Waals surface area contributed by atoms with Gasteiger partial charge in [0, 0.05) is 19.0 Å². The number of allylic oxidation sites excluding steroid dienone is 1. The molecule has 0 saturated heterocycles. The maximum absolute atomic E-state index is 11.6. The van der Waals surface area contributed by atoms with E-state index in [-0.39, 0.29) is 17.8 Å². The number of hydrogen-bond acceptors (Lipinski definition) is 4.